The van der Waals surface area contributed by atoms with Crippen molar-refractivity contribution >= 4 is 11.7 Å². The molecular formula is C29H38N2O4. The zero-order valence-electron chi connectivity index (χ0n) is 20.8. The fraction of sp³-hybridized carbons (Fsp3) is 0.448. The van der Waals surface area contributed by atoms with Crippen LogP contribution in [-0.2, 0) is 17.8 Å². The van der Waals surface area contributed by atoms with Crippen LogP contribution in [0, 0.1) is 17.8 Å². The van der Waals surface area contributed by atoms with Gasteiger partial charge < -0.3 is 20.9 Å². The Hall–Kier alpha value is -3.12. The Morgan fingerprint density at radius 1 is 1.14 bits per heavy atom. The van der Waals surface area contributed by atoms with E-state index in [0.29, 0.717) is 30.7 Å². The van der Waals surface area contributed by atoms with Gasteiger partial charge in [0.25, 0.3) is 0 Å². The van der Waals surface area contributed by atoms with Crippen LogP contribution >= 0.6 is 0 Å². The topological polar surface area (TPSA) is 102 Å². The predicted octanol–water partition coefficient (Wildman–Crippen LogP) is 4.40. The zero-order chi connectivity index (χ0) is 25.4. The highest BCUT2D eigenvalue weighted by Gasteiger charge is 2.33. The van der Waals surface area contributed by atoms with E-state index in [1.165, 1.54) is 0 Å². The second-order valence-electron chi connectivity index (χ2n) is 9.89. The Morgan fingerprint density at radius 2 is 1.83 bits per heavy atom. The first kappa shape index (κ1) is 26.5. The SMILES string of the molecule is C=C(N)[C@H]1CCCCOc2ccc(cc2)C[C@@H](C(=O)c2ccc(CO)cc2)NC(=O)[C@@H]1CC(C)C. The third-order valence-electron chi connectivity index (χ3n) is 6.62. The monoisotopic (exact) mass is 478 g/mol. The summed E-state index contributed by atoms with van der Waals surface area (Å²) < 4.78 is 5.89. The second-order valence-corrected chi connectivity index (χ2v) is 9.89. The molecule has 0 fully saturated rings. The van der Waals surface area contributed by atoms with Crippen LogP contribution in [0.2, 0.25) is 0 Å². The number of benzene rings is 2. The number of hydrogen-bond donors (Lipinski definition) is 3. The number of nitrogens with one attached hydrogen (secondary N) is 1. The molecule has 3 atom stereocenters. The number of rotatable bonds is 6. The lowest BCUT2D eigenvalue weighted by atomic mass is 9.80. The number of ketones is 1. The van der Waals surface area contributed by atoms with Gasteiger partial charge in [0, 0.05) is 29.5 Å². The first-order valence-electron chi connectivity index (χ1n) is 12.5. The minimum Gasteiger partial charge on any atom is -0.494 e. The quantitative estimate of drug-likeness (QED) is 0.534. The maximum atomic E-state index is 13.7. The summed E-state index contributed by atoms with van der Waals surface area (Å²) in [6.45, 7) is 8.66. The standard InChI is InChI=1S/C29H38N2O4/c1-19(2)16-26-25(20(3)30)6-4-5-15-35-24-13-9-21(10-14-24)17-27(31-29(26)34)28(33)23-11-7-22(18-32)8-12-23/h7-14,19,25-27,32H,3-6,15-18,30H2,1-2H3,(H,31,34)/t25-,26-,27+/m1/s1. The average Bonchev–Trinajstić information content (AvgIpc) is 2.85. The number of allylic oxidation sites excluding steroid dienone is 1. The third-order valence-corrected chi connectivity index (χ3v) is 6.62. The Labute approximate surface area is 208 Å². The molecule has 2 aromatic rings. The van der Waals surface area contributed by atoms with E-state index in [2.05, 4.69) is 25.7 Å². The molecule has 6 nitrogen and oxygen atoms in total. The van der Waals surface area contributed by atoms with Crippen molar-refractivity contribution in [3.8, 4) is 5.75 Å². The summed E-state index contributed by atoms with van der Waals surface area (Å²) in [6.07, 6.45) is 3.47. The van der Waals surface area contributed by atoms with Gasteiger partial charge in [-0.15, -0.1) is 0 Å². The Morgan fingerprint density at radius 3 is 2.43 bits per heavy atom. The molecule has 0 saturated carbocycles. The van der Waals surface area contributed by atoms with Gasteiger partial charge in [0.15, 0.2) is 5.78 Å². The highest BCUT2D eigenvalue weighted by Crippen LogP contribution is 2.30. The highest BCUT2D eigenvalue weighted by molar-refractivity contribution is 6.02. The number of carbonyl (C=O) groups is 2. The molecule has 1 amide bonds. The highest BCUT2D eigenvalue weighted by atomic mass is 16.5. The van der Waals surface area contributed by atoms with Crippen LogP contribution < -0.4 is 15.8 Å². The molecule has 0 unspecified atom stereocenters. The fourth-order valence-corrected chi connectivity index (χ4v) is 4.68. The molecule has 4 rings (SSSR count). The van der Waals surface area contributed by atoms with E-state index in [-0.39, 0.29) is 36.1 Å². The molecule has 2 aromatic carbocycles. The summed E-state index contributed by atoms with van der Waals surface area (Å²) >= 11 is 0. The van der Waals surface area contributed by atoms with Crippen molar-refractivity contribution < 1.29 is 19.4 Å². The second kappa shape index (κ2) is 12.5. The van der Waals surface area contributed by atoms with Gasteiger partial charge in [0.2, 0.25) is 5.91 Å². The van der Waals surface area contributed by atoms with Crippen LogP contribution in [0.3, 0.4) is 0 Å². The van der Waals surface area contributed by atoms with E-state index < -0.39 is 6.04 Å². The lowest BCUT2D eigenvalue weighted by molar-refractivity contribution is -0.127. The number of ether oxygens (including phenoxy) is 1. The first-order valence-corrected chi connectivity index (χ1v) is 12.5. The normalized spacial score (nSPS) is 21.5. The van der Waals surface area contributed by atoms with E-state index in [1.807, 2.05) is 24.3 Å². The summed E-state index contributed by atoms with van der Waals surface area (Å²) in [5, 5.41) is 12.4. The summed E-state index contributed by atoms with van der Waals surface area (Å²) in [5.74, 6) is 0.197. The number of Topliss-reactive ketones (excluding diaryl/α,β-unsaturated/α-hetero) is 1. The van der Waals surface area contributed by atoms with Crippen LogP contribution in [0.4, 0.5) is 0 Å². The van der Waals surface area contributed by atoms with Crippen molar-refractivity contribution in [2.45, 2.75) is 58.6 Å². The molecule has 2 aliphatic heterocycles. The van der Waals surface area contributed by atoms with Crippen molar-refractivity contribution in [1.29, 1.82) is 0 Å². The fourth-order valence-electron chi connectivity index (χ4n) is 4.68. The van der Waals surface area contributed by atoms with E-state index in [0.717, 1.165) is 36.1 Å². The summed E-state index contributed by atoms with van der Waals surface area (Å²) in [4.78, 5) is 27.2. The maximum Gasteiger partial charge on any atom is 0.224 e. The van der Waals surface area contributed by atoms with Crippen LogP contribution in [0.5, 0.6) is 5.75 Å². The van der Waals surface area contributed by atoms with Crippen LogP contribution in [0.1, 0.15) is 61.0 Å². The minimum atomic E-state index is -0.735. The van der Waals surface area contributed by atoms with Crippen molar-refractivity contribution in [2.24, 2.45) is 23.5 Å². The van der Waals surface area contributed by atoms with Crippen LogP contribution in [0.15, 0.2) is 60.8 Å². The summed E-state index contributed by atoms with van der Waals surface area (Å²) in [7, 11) is 0. The Balaban J connectivity index is 1.96. The van der Waals surface area contributed by atoms with E-state index >= 15 is 0 Å². The number of nitrogens with two attached hydrogens (primary N) is 1. The Kier molecular flexibility index (Phi) is 9.49. The van der Waals surface area contributed by atoms with Gasteiger partial charge in [-0.3, -0.25) is 9.59 Å². The van der Waals surface area contributed by atoms with Gasteiger partial charge in [0.05, 0.1) is 19.3 Å². The maximum absolute atomic E-state index is 13.7. The summed E-state index contributed by atoms with van der Waals surface area (Å²) in [5.41, 5.74) is 8.85. The van der Waals surface area contributed by atoms with Gasteiger partial charge in [-0.1, -0.05) is 56.8 Å². The molecule has 2 heterocycles. The van der Waals surface area contributed by atoms with Crippen molar-refractivity contribution in [1.82, 2.24) is 5.32 Å². The molecular weight excluding hydrogens is 440 g/mol. The number of carbonyl (C=O) groups excluding carboxylic acids is 2. The molecule has 0 aromatic heterocycles. The van der Waals surface area contributed by atoms with Gasteiger partial charge in [-0.2, -0.15) is 0 Å². The smallest absolute Gasteiger partial charge is 0.224 e. The number of amides is 1. The zero-order valence-corrected chi connectivity index (χ0v) is 20.8. The number of fused-ring (bicyclic) bond motifs is 12. The summed E-state index contributed by atoms with van der Waals surface area (Å²) in [6, 6.07) is 13.8. The molecule has 6 heteroatoms. The van der Waals surface area contributed by atoms with E-state index in [1.54, 1.807) is 24.3 Å². The van der Waals surface area contributed by atoms with Crippen LogP contribution in [0.25, 0.3) is 0 Å². The average molecular weight is 479 g/mol. The largest absolute Gasteiger partial charge is 0.494 e. The molecule has 2 aliphatic rings. The molecule has 0 saturated heterocycles. The molecule has 0 spiro atoms. The predicted molar refractivity (Wildman–Crippen MR) is 138 cm³/mol. The third kappa shape index (κ3) is 7.43. The van der Waals surface area contributed by atoms with Gasteiger partial charge in [-0.05, 0) is 54.9 Å². The molecule has 188 valence electrons. The number of aliphatic hydroxyl groups excluding tert-OH is 1. The first-order chi connectivity index (χ1) is 16.8. The number of hydrogen-bond acceptors (Lipinski definition) is 5. The van der Waals surface area contributed by atoms with Gasteiger partial charge in [-0.25, -0.2) is 0 Å². The molecule has 0 aliphatic carbocycles. The number of aliphatic hydroxyl groups is 1. The molecule has 35 heavy (non-hydrogen) atoms. The van der Waals surface area contributed by atoms with Crippen molar-refractivity contribution in [2.75, 3.05) is 6.61 Å². The molecule has 0 radical (unpaired) electrons. The lowest BCUT2D eigenvalue weighted by Gasteiger charge is -2.30. The lowest BCUT2D eigenvalue weighted by Crippen LogP contribution is -2.47. The van der Waals surface area contributed by atoms with E-state index in [4.69, 9.17) is 10.5 Å². The molecule has 2 bridgehead atoms. The van der Waals surface area contributed by atoms with Gasteiger partial charge in [0.1, 0.15) is 5.75 Å². The van der Waals surface area contributed by atoms with Crippen molar-refractivity contribution in [3.63, 3.8) is 0 Å². The molecule has 4 N–H and O–H groups in total. The Bertz CT molecular complexity index is 998. The van der Waals surface area contributed by atoms with E-state index in [9.17, 15) is 14.7 Å². The van der Waals surface area contributed by atoms with Crippen LogP contribution in [-0.4, -0.2) is 29.4 Å². The van der Waals surface area contributed by atoms with Crippen molar-refractivity contribution in [3.05, 3.63) is 77.5 Å². The van der Waals surface area contributed by atoms with Gasteiger partial charge >= 0.3 is 0 Å². The minimum absolute atomic E-state index is 0.0930.